The number of nitrogens with one attached hydrogen (secondary N) is 1. The summed E-state index contributed by atoms with van der Waals surface area (Å²) in [6, 6.07) is 8.76. The van der Waals surface area contributed by atoms with Gasteiger partial charge in [0.15, 0.2) is 0 Å². The maximum atomic E-state index is 4.13. The van der Waals surface area contributed by atoms with Crippen LogP contribution in [0.3, 0.4) is 0 Å². The van der Waals surface area contributed by atoms with Gasteiger partial charge in [0.1, 0.15) is 0 Å². The van der Waals surface area contributed by atoms with Crippen LogP contribution < -0.4 is 5.32 Å². The van der Waals surface area contributed by atoms with Gasteiger partial charge in [0.25, 0.3) is 0 Å². The molecule has 6 heteroatoms. The van der Waals surface area contributed by atoms with E-state index >= 15 is 0 Å². The third kappa shape index (κ3) is 4.63. The number of benzene rings is 1. The summed E-state index contributed by atoms with van der Waals surface area (Å²) in [4.78, 5) is 1.27. The predicted octanol–water partition coefficient (Wildman–Crippen LogP) is 2.50. The molecule has 0 aliphatic rings. The van der Waals surface area contributed by atoms with Crippen molar-refractivity contribution in [1.29, 1.82) is 0 Å². The number of aromatic nitrogens is 3. The molecule has 0 fully saturated rings. The molecular weight excluding hydrogens is 324 g/mol. The van der Waals surface area contributed by atoms with E-state index in [0.717, 1.165) is 22.3 Å². The Morgan fingerprint density at radius 2 is 2.32 bits per heavy atom. The van der Waals surface area contributed by atoms with Gasteiger partial charge in [-0.05, 0) is 25.2 Å². The van der Waals surface area contributed by atoms with Crippen LogP contribution in [0.2, 0.25) is 0 Å². The Balaban J connectivity index is 1.89. The molecule has 1 atom stereocenters. The predicted molar refractivity (Wildman–Crippen MR) is 82.4 cm³/mol. The van der Waals surface area contributed by atoms with Gasteiger partial charge in [0.2, 0.25) is 0 Å². The Hall–Kier alpha value is -0.850. The van der Waals surface area contributed by atoms with Gasteiger partial charge in [-0.25, -0.2) is 0 Å². The molecule has 0 spiro atoms. The summed E-state index contributed by atoms with van der Waals surface area (Å²) in [5, 5.41) is 11.4. The molecule has 0 saturated carbocycles. The number of halogens is 1. The molecule has 0 aliphatic carbocycles. The third-order valence-corrected chi connectivity index (χ3v) is 4.41. The number of likely N-dealkylation sites (N-methyl/N-ethyl adjacent to an activating group) is 1. The van der Waals surface area contributed by atoms with E-state index in [0.29, 0.717) is 6.04 Å². The fourth-order valence-corrected chi connectivity index (χ4v) is 3.35. The van der Waals surface area contributed by atoms with Crippen molar-refractivity contribution < 1.29 is 0 Å². The zero-order valence-corrected chi connectivity index (χ0v) is 13.4. The first kappa shape index (κ1) is 14.6. The van der Waals surface area contributed by atoms with Crippen LogP contribution in [0, 0.1) is 0 Å². The van der Waals surface area contributed by atoms with Crippen LogP contribution in [0.25, 0.3) is 0 Å². The van der Waals surface area contributed by atoms with Crippen LogP contribution in [0.15, 0.2) is 39.8 Å². The van der Waals surface area contributed by atoms with Crippen molar-refractivity contribution in [2.24, 2.45) is 7.05 Å². The smallest absolute Gasteiger partial charge is 0.0842 e. The van der Waals surface area contributed by atoms with Gasteiger partial charge in [-0.1, -0.05) is 27.2 Å². The van der Waals surface area contributed by atoms with E-state index in [2.05, 4.69) is 49.8 Å². The molecule has 0 radical (unpaired) electrons. The van der Waals surface area contributed by atoms with E-state index in [4.69, 9.17) is 0 Å². The van der Waals surface area contributed by atoms with Crippen molar-refractivity contribution in [3.05, 3.63) is 40.6 Å². The zero-order valence-electron chi connectivity index (χ0n) is 11.0. The fourth-order valence-electron chi connectivity index (χ4n) is 1.74. The van der Waals surface area contributed by atoms with Crippen molar-refractivity contribution in [1.82, 2.24) is 20.3 Å². The summed E-state index contributed by atoms with van der Waals surface area (Å²) in [5.74, 6) is 1.00. The second-order valence-corrected chi connectivity index (χ2v) is 6.35. The van der Waals surface area contributed by atoms with E-state index in [1.54, 1.807) is 4.68 Å². The molecule has 4 nitrogen and oxygen atoms in total. The molecule has 19 heavy (non-hydrogen) atoms. The molecule has 2 aromatic rings. The molecule has 1 aromatic heterocycles. The highest BCUT2D eigenvalue weighted by molar-refractivity contribution is 9.10. The van der Waals surface area contributed by atoms with Crippen molar-refractivity contribution >= 4 is 27.7 Å². The molecule has 2 rings (SSSR count). The van der Waals surface area contributed by atoms with E-state index in [-0.39, 0.29) is 0 Å². The van der Waals surface area contributed by atoms with Gasteiger partial charge in [0, 0.05) is 40.8 Å². The first-order valence-corrected chi connectivity index (χ1v) is 7.86. The minimum Gasteiger partial charge on any atom is -0.316 e. The van der Waals surface area contributed by atoms with Crippen LogP contribution in [-0.4, -0.2) is 33.8 Å². The Morgan fingerprint density at radius 1 is 1.47 bits per heavy atom. The lowest BCUT2D eigenvalue weighted by Gasteiger charge is -2.14. The standard InChI is InChI=1S/C13H17BrN4S/c1-15-12(7-11-8-18(2)17-16-11)9-19-13-5-3-4-10(14)6-13/h3-6,8,12,15H,7,9H2,1-2H3. The number of hydrogen-bond donors (Lipinski definition) is 1. The molecule has 0 aliphatic heterocycles. The summed E-state index contributed by atoms with van der Waals surface area (Å²) >= 11 is 5.34. The van der Waals surface area contributed by atoms with Gasteiger partial charge in [0.05, 0.1) is 5.69 Å². The first-order valence-electron chi connectivity index (χ1n) is 6.08. The van der Waals surface area contributed by atoms with Crippen LogP contribution >= 0.6 is 27.7 Å². The van der Waals surface area contributed by atoms with Gasteiger partial charge >= 0.3 is 0 Å². The second-order valence-electron chi connectivity index (χ2n) is 4.34. The van der Waals surface area contributed by atoms with E-state index in [1.807, 2.05) is 38.1 Å². The summed E-state index contributed by atoms with van der Waals surface area (Å²) in [6.45, 7) is 0. The average molecular weight is 341 g/mol. The minimum absolute atomic E-state index is 0.390. The lowest BCUT2D eigenvalue weighted by Crippen LogP contribution is -2.30. The Bertz CT molecular complexity index is 529. The van der Waals surface area contributed by atoms with Crippen molar-refractivity contribution in [3.8, 4) is 0 Å². The van der Waals surface area contributed by atoms with Crippen molar-refractivity contribution in [3.63, 3.8) is 0 Å². The molecule has 0 saturated heterocycles. The summed E-state index contributed by atoms with van der Waals surface area (Å²) < 4.78 is 2.86. The van der Waals surface area contributed by atoms with E-state index in [9.17, 15) is 0 Å². The van der Waals surface area contributed by atoms with Crippen molar-refractivity contribution in [2.75, 3.05) is 12.8 Å². The van der Waals surface area contributed by atoms with E-state index in [1.165, 1.54) is 4.90 Å². The van der Waals surface area contributed by atoms with Crippen LogP contribution in [0.1, 0.15) is 5.69 Å². The molecule has 1 aromatic carbocycles. The quantitative estimate of drug-likeness (QED) is 0.820. The van der Waals surface area contributed by atoms with Crippen LogP contribution in [-0.2, 0) is 13.5 Å². The summed E-state index contributed by atoms with van der Waals surface area (Å²) in [7, 11) is 3.88. The highest BCUT2D eigenvalue weighted by atomic mass is 79.9. The molecular formula is C13H17BrN4S. The maximum Gasteiger partial charge on any atom is 0.0842 e. The number of nitrogens with zero attached hydrogens (tertiary/aromatic N) is 3. The fraction of sp³-hybridized carbons (Fsp3) is 0.385. The van der Waals surface area contributed by atoms with Gasteiger partial charge in [-0.15, -0.1) is 16.9 Å². The lowest BCUT2D eigenvalue weighted by molar-refractivity contribution is 0.607. The lowest BCUT2D eigenvalue weighted by atomic mass is 10.2. The Labute approximate surface area is 126 Å². The van der Waals surface area contributed by atoms with E-state index < -0.39 is 0 Å². The second kappa shape index (κ2) is 7.07. The van der Waals surface area contributed by atoms with Gasteiger partial charge in [-0.3, -0.25) is 4.68 Å². The number of hydrogen-bond acceptors (Lipinski definition) is 4. The number of thioether (sulfide) groups is 1. The Morgan fingerprint density at radius 3 is 2.95 bits per heavy atom. The molecule has 0 bridgehead atoms. The highest BCUT2D eigenvalue weighted by Gasteiger charge is 2.10. The first-order chi connectivity index (χ1) is 9.17. The molecule has 0 amide bonds. The van der Waals surface area contributed by atoms with Crippen LogP contribution in [0.5, 0.6) is 0 Å². The average Bonchev–Trinajstić information content (AvgIpc) is 2.80. The minimum atomic E-state index is 0.390. The van der Waals surface area contributed by atoms with Crippen molar-refractivity contribution in [2.45, 2.75) is 17.4 Å². The zero-order chi connectivity index (χ0) is 13.7. The molecule has 1 heterocycles. The van der Waals surface area contributed by atoms with Gasteiger partial charge < -0.3 is 5.32 Å². The molecule has 1 N–H and O–H groups in total. The summed E-state index contributed by atoms with van der Waals surface area (Å²) in [5.41, 5.74) is 1.02. The largest absolute Gasteiger partial charge is 0.316 e. The molecule has 102 valence electrons. The maximum absolute atomic E-state index is 4.13. The highest BCUT2D eigenvalue weighted by Crippen LogP contribution is 2.23. The van der Waals surface area contributed by atoms with Crippen LogP contribution in [0.4, 0.5) is 0 Å². The SMILES string of the molecule is CNC(CSc1cccc(Br)c1)Cc1cn(C)nn1. The number of rotatable bonds is 6. The van der Waals surface area contributed by atoms with Gasteiger partial charge in [-0.2, -0.15) is 0 Å². The Kier molecular flexibility index (Phi) is 5.42. The molecule has 1 unspecified atom stereocenters. The third-order valence-electron chi connectivity index (χ3n) is 2.76. The monoisotopic (exact) mass is 340 g/mol. The number of aryl methyl sites for hydroxylation is 1. The summed E-state index contributed by atoms with van der Waals surface area (Å²) in [6.07, 6.45) is 2.86. The normalized spacial score (nSPS) is 12.6. The topological polar surface area (TPSA) is 42.7 Å².